The largest absolute Gasteiger partial charge is 0.381 e. The van der Waals surface area contributed by atoms with Crippen molar-refractivity contribution in [2.24, 2.45) is 5.92 Å². The summed E-state index contributed by atoms with van der Waals surface area (Å²) in [6, 6.07) is 7.00. The van der Waals surface area contributed by atoms with E-state index in [1.165, 1.54) is 37.7 Å². The molecule has 2 aliphatic rings. The van der Waals surface area contributed by atoms with Crippen molar-refractivity contribution in [3.63, 3.8) is 0 Å². The molecule has 0 saturated carbocycles. The minimum atomic E-state index is 0.716. The van der Waals surface area contributed by atoms with Crippen LogP contribution in [0.25, 0.3) is 0 Å². The van der Waals surface area contributed by atoms with Crippen molar-refractivity contribution < 1.29 is 4.74 Å². The lowest BCUT2D eigenvalue weighted by molar-refractivity contribution is 0.0547. The van der Waals surface area contributed by atoms with E-state index >= 15 is 0 Å². The van der Waals surface area contributed by atoms with Crippen LogP contribution in [0.15, 0.2) is 18.2 Å². The van der Waals surface area contributed by atoms with E-state index in [0.29, 0.717) is 5.92 Å². The molecule has 2 heteroatoms. The highest BCUT2D eigenvalue weighted by Gasteiger charge is 2.14. The van der Waals surface area contributed by atoms with Gasteiger partial charge in [0.2, 0.25) is 0 Å². The first-order valence-corrected chi connectivity index (χ1v) is 7.31. The van der Waals surface area contributed by atoms with Crippen LogP contribution in [-0.4, -0.2) is 19.8 Å². The summed E-state index contributed by atoms with van der Waals surface area (Å²) in [7, 11) is 0. The fourth-order valence-electron chi connectivity index (χ4n) is 3.12. The highest BCUT2D eigenvalue weighted by molar-refractivity contribution is 5.35. The molecule has 1 aliphatic heterocycles. The van der Waals surface area contributed by atoms with Crippen LogP contribution in [0.3, 0.4) is 0 Å². The maximum Gasteiger partial charge on any atom is 0.0506 e. The Balaban J connectivity index is 1.48. The van der Waals surface area contributed by atoms with Gasteiger partial charge in [-0.25, -0.2) is 0 Å². The fraction of sp³-hybridized carbons (Fsp3) is 0.625. The van der Waals surface area contributed by atoms with Crippen LogP contribution in [0, 0.1) is 5.92 Å². The molecule has 1 N–H and O–H groups in total. The first kappa shape index (κ1) is 12.2. The molecule has 2 nitrogen and oxygen atoms in total. The summed E-state index contributed by atoms with van der Waals surface area (Å²) >= 11 is 0. The van der Waals surface area contributed by atoms with Gasteiger partial charge in [0.25, 0.3) is 0 Å². The molecule has 1 aliphatic carbocycles. The van der Waals surface area contributed by atoms with Crippen molar-refractivity contribution in [2.45, 2.75) is 38.6 Å². The van der Waals surface area contributed by atoms with Crippen molar-refractivity contribution in [3.8, 4) is 0 Å². The van der Waals surface area contributed by atoms with E-state index in [1.807, 2.05) is 0 Å². The molecule has 0 amide bonds. The Kier molecular flexibility index (Phi) is 3.96. The lowest BCUT2D eigenvalue weighted by atomic mass is 10.0. The number of ether oxygens (including phenoxy) is 1. The van der Waals surface area contributed by atoms with Gasteiger partial charge in [0.1, 0.15) is 0 Å². The topological polar surface area (TPSA) is 21.3 Å². The second kappa shape index (κ2) is 5.85. The molecule has 0 aromatic heterocycles. The Labute approximate surface area is 110 Å². The minimum absolute atomic E-state index is 0.716. The van der Waals surface area contributed by atoms with Gasteiger partial charge in [0.05, 0.1) is 6.61 Å². The van der Waals surface area contributed by atoms with Crippen molar-refractivity contribution in [1.82, 2.24) is 5.32 Å². The van der Waals surface area contributed by atoms with E-state index in [9.17, 15) is 0 Å². The van der Waals surface area contributed by atoms with Gasteiger partial charge in [0, 0.05) is 19.7 Å². The molecule has 1 heterocycles. The smallest absolute Gasteiger partial charge is 0.0506 e. The average molecular weight is 245 g/mol. The number of nitrogens with one attached hydrogen (secondary N) is 1. The molecule has 0 spiro atoms. The van der Waals surface area contributed by atoms with Gasteiger partial charge in [-0.2, -0.15) is 0 Å². The van der Waals surface area contributed by atoms with E-state index in [1.54, 1.807) is 11.1 Å². The molecular weight excluding hydrogens is 222 g/mol. The maximum absolute atomic E-state index is 5.51. The zero-order chi connectivity index (χ0) is 12.2. The minimum Gasteiger partial charge on any atom is -0.381 e. The SMILES string of the molecule is c1cc2c(cc1CNCC1CCCOC1)CCC2. The molecule has 3 rings (SSSR count). The molecular formula is C16H23NO. The zero-order valence-electron chi connectivity index (χ0n) is 11.1. The van der Waals surface area contributed by atoms with Gasteiger partial charge in [-0.3, -0.25) is 0 Å². The molecule has 0 radical (unpaired) electrons. The molecule has 1 atom stereocenters. The summed E-state index contributed by atoms with van der Waals surface area (Å²) < 4.78 is 5.51. The predicted molar refractivity (Wildman–Crippen MR) is 73.7 cm³/mol. The molecule has 1 fully saturated rings. The molecule has 98 valence electrons. The summed E-state index contributed by atoms with van der Waals surface area (Å²) in [5.41, 5.74) is 4.59. The van der Waals surface area contributed by atoms with Crippen LogP contribution < -0.4 is 5.32 Å². The third-order valence-corrected chi connectivity index (χ3v) is 4.18. The number of fused-ring (bicyclic) bond motifs is 1. The van der Waals surface area contributed by atoms with Gasteiger partial charge in [-0.15, -0.1) is 0 Å². The molecule has 0 bridgehead atoms. The lowest BCUT2D eigenvalue weighted by Gasteiger charge is -2.22. The van der Waals surface area contributed by atoms with Gasteiger partial charge >= 0.3 is 0 Å². The third-order valence-electron chi connectivity index (χ3n) is 4.18. The first-order valence-electron chi connectivity index (χ1n) is 7.31. The number of rotatable bonds is 4. The number of hydrogen-bond donors (Lipinski definition) is 1. The van der Waals surface area contributed by atoms with Gasteiger partial charge in [-0.05, 0) is 54.7 Å². The fourth-order valence-corrected chi connectivity index (χ4v) is 3.12. The quantitative estimate of drug-likeness (QED) is 0.880. The third kappa shape index (κ3) is 2.93. The van der Waals surface area contributed by atoms with E-state index < -0.39 is 0 Å². The monoisotopic (exact) mass is 245 g/mol. The Morgan fingerprint density at radius 2 is 2.11 bits per heavy atom. The van der Waals surface area contributed by atoms with E-state index in [4.69, 9.17) is 4.74 Å². The van der Waals surface area contributed by atoms with Gasteiger partial charge < -0.3 is 10.1 Å². The van der Waals surface area contributed by atoms with Crippen molar-refractivity contribution >= 4 is 0 Å². The number of benzene rings is 1. The first-order chi connectivity index (χ1) is 8.92. The molecule has 1 aromatic rings. The summed E-state index contributed by atoms with van der Waals surface area (Å²) in [5, 5.41) is 3.58. The summed E-state index contributed by atoms with van der Waals surface area (Å²) in [6.07, 6.45) is 6.44. The molecule has 1 aromatic carbocycles. The normalized spacial score (nSPS) is 23.0. The van der Waals surface area contributed by atoms with E-state index in [-0.39, 0.29) is 0 Å². The Morgan fingerprint density at radius 3 is 3.00 bits per heavy atom. The van der Waals surface area contributed by atoms with Gasteiger partial charge in [-0.1, -0.05) is 18.2 Å². The van der Waals surface area contributed by atoms with Crippen LogP contribution in [0.5, 0.6) is 0 Å². The maximum atomic E-state index is 5.51. The highest BCUT2D eigenvalue weighted by atomic mass is 16.5. The van der Waals surface area contributed by atoms with Crippen LogP contribution in [0.4, 0.5) is 0 Å². The van der Waals surface area contributed by atoms with Crippen LogP contribution in [-0.2, 0) is 24.1 Å². The van der Waals surface area contributed by atoms with E-state index in [2.05, 4.69) is 23.5 Å². The number of aryl methyl sites for hydroxylation is 2. The summed E-state index contributed by atoms with van der Waals surface area (Å²) in [5.74, 6) is 0.716. The summed E-state index contributed by atoms with van der Waals surface area (Å²) in [6.45, 7) is 4.00. The number of hydrogen-bond acceptors (Lipinski definition) is 2. The molecule has 1 saturated heterocycles. The van der Waals surface area contributed by atoms with Gasteiger partial charge in [0.15, 0.2) is 0 Å². The second-order valence-corrected chi connectivity index (χ2v) is 5.67. The van der Waals surface area contributed by atoms with Crippen LogP contribution in [0.2, 0.25) is 0 Å². The van der Waals surface area contributed by atoms with Crippen molar-refractivity contribution in [1.29, 1.82) is 0 Å². The predicted octanol–water partition coefficient (Wildman–Crippen LogP) is 2.69. The lowest BCUT2D eigenvalue weighted by Crippen LogP contribution is -2.28. The highest BCUT2D eigenvalue weighted by Crippen LogP contribution is 2.22. The van der Waals surface area contributed by atoms with Crippen molar-refractivity contribution in [3.05, 3.63) is 34.9 Å². The van der Waals surface area contributed by atoms with E-state index in [0.717, 1.165) is 26.3 Å². The molecule has 1 unspecified atom stereocenters. The van der Waals surface area contributed by atoms with Crippen LogP contribution in [0.1, 0.15) is 36.0 Å². The summed E-state index contributed by atoms with van der Waals surface area (Å²) in [4.78, 5) is 0. The Morgan fingerprint density at radius 1 is 1.17 bits per heavy atom. The van der Waals surface area contributed by atoms with Crippen LogP contribution >= 0.6 is 0 Å². The average Bonchev–Trinajstić information content (AvgIpc) is 2.87. The Bertz CT molecular complexity index is 396. The van der Waals surface area contributed by atoms with Crippen molar-refractivity contribution in [2.75, 3.05) is 19.8 Å². The second-order valence-electron chi connectivity index (χ2n) is 5.67. The molecule has 18 heavy (non-hydrogen) atoms. The zero-order valence-corrected chi connectivity index (χ0v) is 11.1. The Hall–Kier alpha value is -0.860. The standard InChI is InChI=1S/C16H23NO/c1-4-15-7-6-13(9-16(15)5-1)10-17-11-14-3-2-8-18-12-14/h6-7,9,14,17H,1-5,8,10-12H2.